The van der Waals surface area contributed by atoms with E-state index in [0.29, 0.717) is 42.8 Å². The van der Waals surface area contributed by atoms with Gasteiger partial charge in [-0.3, -0.25) is 9.69 Å². The average Bonchev–Trinajstić information content (AvgIpc) is 2.61. The van der Waals surface area contributed by atoms with Gasteiger partial charge in [0.25, 0.3) is 0 Å². The maximum absolute atomic E-state index is 12.6. The minimum Gasteiger partial charge on any atom is -0.450 e. The van der Waals surface area contributed by atoms with E-state index in [0.717, 1.165) is 5.56 Å². The van der Waals surface area contributed by atoms with Gasteiger partial charge in [0.2, 0.25) is 5.91 Å². The summed E-state index contributed by atoms with van der Waals surface area (Å²) in [5, 5.41) is 4.08. The molecule has 1 aromatic rings. The second kappa shape index (κ2) is 9.44. The maximum Gasteiger partial charge on any atom is 0.409 e. The molecule has 2 amide bonds. The van der Waals surface area contributed by atoms with Gasteiger partial charge in [-0.05, 0) is 38.5 Å². The third-order valence-corrected chi connectivity index (χ3v) is 5.12. The third kappa shape index (κ3) is 5.25. The number of piperazine rings is 1. The van der Waals surface area contributed by atoms with Crippen LogP contribution in [0.15, 0.2) is 18.2 Å². The fourth-order valence-electron chi connectivity index (χ4n) is 2.94. The van der Waals surface area contributed by atoms with Crippen LogP contribution in [-0.4, -0.2) is 60.6 Å². The monoisotopic (exact) mass is 401 g/mol. The summed E-state index contributed by atoms with van der Waals surface area (Å²) in [4.78, 5) is 28.1. The first-order chi connectivity index (χ1) is 12.3. The van der Waals surface area contributed by atoms with Crippen molar-refractivity contribution in [2.45, 2.75) is 32.9 Å². The SMILES string of the molecule is CCOC(=O)N1CCN([C@@H](C)C(=O)N[C@H](C)c2ccc(Cl)cc2Cl)CC1. The van der Waals surface area contributed by atoms with Gasteiger partial charge in [-0.15, -0.1) is 0 Å². The lowest BCUT2D eigenvalue weighted by molar-refractivity contribution is -0.127. The second-order valence-corrected chi connectivity index (χ2v) is 7.14. The van der Waals surface area contributed by atoms with Crippen LogP contribution in [0.2, 0.25) is 10.0 Å². The molecule has 6 nitrogen and oxygen atoms in total. The Labute approximate surface area is 164 Å². The van der Waals surface area contributed by atoms with Crippen LogP contribution in [0.4, 0.5) is 4.79 Å². The minimum absolute atomic E-state index is 0.0758. The van der Waals surface area contributed by atoms with E-state index in [1.165, 1.54) is 0 Å². The Morgan fingerprint density at radius 3 is 2.42 bits per heavy atom. The number of carbonyl (C=O) groups excluding carboxylic acids is 2. The lowest BCUT2D eigenvalue weighted by Crippen LogP contribution is -2.55. The molecule has 1 aliphatic heterocycles. The number of hydrogen-bond donors (Lipinski definition) is 1. The summed E-state index contributed by atoms with van der Waals surface area (Å²) in [6, 6.07) is 4.71. The van der Waals surface area contributed by atoms with E-state index in [1.54, 1.807) is 24.0 Å². The largest absolute Gasteiger partial charge is 0.450 e. The average molecular weight is 402 g/mol. The molecule has 1 N–H and O–H groups in total. The van der Waals surface area contributed by atoms with E-state index in [1.807, 2.05) is 19.9 Å². The van der Waals surface area contributed by atoms with Gasteiger partial charge in [-0.1, -0.05) is 29.3 Å². The predicted octanol–water partition coefficient (Wildman–Crippen LogP) is 3.33. The Balaban J connectivity index is 1.88. The van der Waals surface area contributed by atoms with Crippen molar-refractivity contribution in [3.05, 3.63) is 33.8 Å². The van der Waals surface area contributed by atoms with Crippen LogP contribution >= 0.6 is 23.2 Å². The number of rotatable bonds is 5. The van der Waals surface area contributed by atoms with Crippen molar-refractivity contribution in [3.8, 4) is 0 Å². The van der Waals surface area contributed by atoms with E-state index in [2.05, 4.69) is 10.2 Å². The molecule has 0 saturated carbocycles. The number of ether oxygens (including phenoxy) is 1. The van der Waals surface area contributed by atoms with E-state index in [4.69, 9.17) is 27.9 Å². The van der Waals surface area contributed by atoms with Gasteiger partial charge in [0.15, 0.2) is 0 Å². The van der Waals surface area contributed by atoms with Gasteiger partial charge in [0, 0.05) is 36.2 Å². The van der Waals surface area contributed by atoms with Crippen molar-refractivity contribution >= 4 is 35.2 Å². The predicted molar refractivity (Wildman–Crippen MR) is 103 cm³/mol. The van der Waals surface area contributed by atoms with Crippen molar-refractivity contribution < 1.29 is 14.3 Å². The van der Waals surface area contributed by atoms with Crippen molar-refractivity contribution in [1.29, 1.82) is 0 Å². The van der Waals surface area contributed by atoms with Gasteiger partial charge in [-0.2, -0.15) is 0 Å². The summed E-state index contributed by atoms with van der Waals surface area (Å²) < 4.78 is 5.01. The minimum atomic E-state index is -0.298. The highest BCUT2D eigenvalue weighted by Crippen LogP contribution is 2.26. The highest BCUT2D eigenvalue weighted by Gasteiger charge is 2.28. The van der Waals surface area contributed by atoms with Crippen LogP contribution < -0.4 is 5.32 Å². The molecule has 0 aliphatic carbocycles. The Morgan fingerprint density at radius 2 is 1.85 bits per heavy atom. The molecule has 2 rings (SSSR count). The zero-order valence-corrected chi connectivity index (χ0v) is 16.8. The molecule has 144 valence electrons. The van der Waals surface area contributed by atoms with Crippen LogP contribution in [0.5, 0.6) is 0 Å². The molecule has 26 heavy (non-hydrogen) atoms. The highest BCUT2D eigenvalue weighted by molar-refractivity contribution is 6.35. The van der Waals surface area contributed by atoms with Gasteiger partial charge < -0.3 is 15.0 Å². The van der Waals surface area contributed by atoms with E-state index >= 15 is 0 Å². The van der Waals surface area contributed by atoms with Crippen molar-refractivity contribution in [2.75, 3.05) is 32.8 Å². The van der Waals surface area contributed by atoms with Crippen LogP contribution in [0, 0.1) is 0 Å². The van der Waals surface area contributed by atoms with E-state index in [9.17, 15) is 9.59 Å². The molecule has 0 aromatic heterocycles. The van der Waals surface area contributed by atoms with Gasteiger partial charge in [-0.25, -0.2) is 4.79 Å². The summed E-state index contributed by atoms with van der Waals surface area (Å²) in [5.41, 5.74) is 0.823. The van der Waals surface area contributed by atoms with Crippen LogP contribution in [0.3, 0.4) is 0 Å². The number of halogens is 2. The molecule has 0 radical (unpaired) electrons. The van der Waals surface area contributed by atoms with Crippen molar-refractivity contribution in [2.24, 2.45) is 0 Å². The fourth-order valence-corrected chi connectivity index (χ4v) is 3.51. The van der Waals surface area contributed by atoms with Crippen LogP contribution in [0.25, 0.3) is 0 Å². The third-order valence-electron chi connectivity index (χ3n) is 4.56. The Bertz CT molecular complexity index is 649. The second-order valence-electron chi connectivity index (χ2n) is 6.29. The Hall–Kier alpha value is -1.50. The standard InChI is InChI=1S/C18H25Cl2N3O3/c1-4-26-18(25)23-9-7-22(8-10-23)13(3)17(24)21-12(2)15-6-5-14(19)11-16(15)20/h5-6,11-13H,4,7-10H2,1-3H3,(H,21,24)/t12-,13+/m1/s1. The number of amides is 2. The van der Waals surface area contributed by atoms with E-state index < -0.39 is 0 Å². The number of hydrogen-bond acceptors (Lipinski definition) is 4. The van der Waals surface area contributed by atoms with Crippen molar-refractivity contribution in [3.63, 3.8) is 0 Å². The normalized spacial score (nSPS) is 17.5. The smallest absolute Gasteiger partial charge is 0.409 e. The molecule has 2 atom stereocenters. The summed E-state index contributed by atoms with van der Waals surface area (Å²) in [6.07, 6.45) is -0.296. The number of benzene rings is 1. The molecule has 0 spiro atoms. The summed E-state index contributed by atoms with van der Waals surface area (Å²) in [7, 11) is 0. The lowest BCUT2D eigenvalue weighted by atomic mass is 10.1. The zero-order valence-electron chi connectivity index (χ0n) is 15.3. The summed E-state index contributed by atoms with van der Waals surface area (Å²) >= 11 is 12.1. The van der Waals surface area contributed by atoms with Crippen LogP contribution in [-0.2, 0) is 9.53 Å². The summed E-state index contributed by atoms with van der Waals surface area (Å²) in [6.45, 7) is 8.26. The molecule has 1 heterocycles. The lowest BCUT2D eigenvalue weighted by Gasteiger charge is -2.37. The molecular weight excluding hydrogens is 377 g/mol. The van der Waals surface area contributed by atoms with E-state index in [-0.39, 0.29) is 24.1 Å². The fraction of sp³-hybridized carbons (Fsp3) is 0.556. The molecule has 0 bridgehead atoms. The first kappa shape index (κ1) is 20.8. The molecule has 8 heteroatoms. The molecule has 1 aromatic carbocycles. The quantitative estimate of drug-likeness (QED) is 0.821. The summed E-state index contributed by atoms with van der Waals surface area (Å²) in [5.74, 6) is -0.0758. The number of nitrogens with one attached hydrogen (secondary N) is 1. The first-order valence-corrected chi connectivity index (χ1v) is 9.50. The molecular formula is C18H25Cl2N3O3. The maximum atomic E-state index is 12.6. The van der Waals surface area contributed by atoms with Crippen LogP contribution in [0.1, 0.15) is 32.4 Å². The van der Waals surface area contributed by atoms with Gasteiger partial charge in [0.1, 0.15) is 0 Å². The first-order valence-electron chi connectivity index (χ1n) is 8.74. The Morgan fingerprint density at radius 1 is 1.19 bits per heavy atom. The van der Waals surface area contributed by atoms with Gasteiger partial charge in [0.05, 0.1) is 18.7 Å². The number of carbonyl (C=O) groups is 2. The van der Waals surface area contributed by atoms with Crippen molar-refractivity contribution in [1.82, 2.24) is 15.1 Å². The zero-order chi connectivity index (χ0) is 19.3. The number of nitrogens with zero attached hydrogens (tertiary/aromatic N) is 2. The highest BCUT2D eigenvalue weighted by atomic mass is 35.5. The molecule has 1 fully saturated rings. The topological polar surface area (TPSA) is 61.9 Å². The molecule has 0 unspecified atom stereocenters. The molecule has 1 saturated heterocycles. The Kier molecular flexibility index (Phi) is 7.55. The molecule has 1 aliphatic rings. The van der Waals surface area contributed by atoms with Gasteiger partial charge >= 0.3 is 6.09 Å².